The number of nitrogens with zero attached hydrogens (tertiary/aromatic N) is 4. The molecule has 102 valence electrons. The molecule has 0 fully saturated rings. The quantitative estimate of drug-likeness (QED) is 0.799. The van der Waals surface area contributed by atoms with Gasteiger partial charge in [0.2, 0.25) is 0 Å². The van der Waals surface area contributed by atoms with E-state index in [2.05, 4.69) is 45.7 Å². The monoisotopic (exact) mass is 285 g/mol. The van der Waals surface area contributed by atoms with Crippen LogP contribution in [0.3, 0.4) is 0 Å². The molecule has 1 N–H and O–H groups in total. The molecule has 0 saturated carbocycles. The Morgan fingerprint density at radius 3 is 2.80 bits per heavy atom. The van der Waals surface area contributed by atoms with Crippen molar-refractivity contribution in [2.45, 2.75) is 19.9 Å². The van der Waals surface area contributed by atoms with Crippen molar-refractivity contribution in [1.29, 1.82) is 0 Å². The number of pyridine rings is 1. The van der Waals surface area contributed by atoms with Gasteiger partial charge in [-0.25, -0.2) is 14.6 Å². The molecule has 0 aromatic carbocycles. The van der Waals surface area contributed by atoms with Crippen LogP contribution in [0.4, 0.5) is 5.69 Å². The van der Waals surface area contributed by atoms with Crippen molar-refractivity contribution < 1.29 is 0 Å². The standard InChI is InChI=1S/C14H15N5S/c1-10-5-6-20-14(10)11(2)18-12-3-4-13(16-7-12)19-9-15-8-17-19/h3-9,11,18H,1-2H3. The van der Waals surface area contributed by atoms with E-state index in [-0.39, 0.29) is 6.04 Å². The molecule has 5 nitrogen and oxygen atoms in total. The van der Waals surface area contributed by atoms with Crippen molar-refractivity contribution in [2.75, 3.05) is 5.32 Å². The second kappa shape index (κ2) is 5.42. The minimum absolute atomic E-state index is 0.272. The molecule has 20 heavy (non-hydrogen) atoms. The Morgan fingerprint density at radius 1 is 1.30 bits per heavy atom. The summed E-state index contributed by atoms with van der Waals surface area (Å²) in [5.74, 6) is 0.757. The lowest BCUT2D eigenvalue weighted by Gasteiger charge is -2.14. The summed E-state index contributed by atoms with van der Waals surface area (Å²) < 4.78 is 1.64. The van der Waals surface area contributed by atoms with Crippen LogP contribution in [-0.2, 0) is 0 Å². The normalized spacial score (nSPS) is 12.3. The van der Waals surface area contributed by atoms with Crippen LogP contribution >= 0.6 is 11.3 Å². The predicted octanol–water partition coefficient (Wildman–Crippen LogP) is 3.21. The molecule has 0 spiro atoms. The van der Waals surface area contributed by atoms with Crippen LogP contribution in [-0.4, -0.2) is 19.7 Å². The molecule has 3 rings (SSSR count). The fourth-order valence-electron chi connectivity index (χ4n) is 2.08. The molecule has 0 aliphatic carbocycles. The lowest BCUT2D eigenvalue weighted by atomic mass is 10.2. The molecule has 3 aromatic heterocycles. The van der Waals surface area contributed by atoms with E-state index >= 15 is 0 Å². The van der Waals surface area contributed by atoms with Crippen molar-refractivity contribution in [3.05, 3.63) is 52.9 Å². The van der Waals surface area contributed by atoms with E-state index in [0.717, 1.165) is 11.5 Å². The van der Waals surface area contributed by atoms with Crippen LogP contribution in [0.5, 0.6) is 0 Å². The van der Waals surface area contributed by atoms with Crippen molar-refractivity contribution in [2.24, 2.45) is 0 Å². The first kappa shape index (κ1) is 12.8. The van der Waals surface area contributed by atoms with E-state index in [1.54, 1.807) is 22.3 Å². The van der Waals surface area contributed by atoms with Gasteiger partial charge in [0, 0.05) is 4.88 Å². The summed E-state index contributed by atoms with van der Waals surface area (Å²) in [7, 11) is 0. The lowest BCUT2D eigenvalue weighted by Crippen LogP contribution is -2.07. The number of anilines is 1. The molecule has 3 heterocycles. The number of thiophene rings is 1. The molecule has 3 aromatic rings. The largest absolute Gasteiger partial charge is 0.376 e. The van der Waals surface area contributed by atoms with Gasteiger partial charge in [-0.3, -0.25) is 0 Å². The predicted molar refractivity (Wildman–Crippen MR) is 80.2 cm³/mol. The van der Waals surface area contributed by atoms with Gasteiger partial charge in [0.15, 0.2) is 5.82 Å². The molecular weight excluding hydrogens is 270 g/mol. The van der Waals surface area contributed by atoms with Crippen molar-refractivity contribution in [1.82, 2.24) is 19.7 Å². The molecule has 0 bridgehead atoms. The zero-order chi connectivity index (χ0) is 13.9. The number of hydrogen-bond acceptors (Lipinski definition) is 5. The fraction of sp³-hybridized carbons (Fsp3) is 0.214. The van der Waals surface area contributed by atoms with Gasteiger partial charge < -0.3 is 5.32 Å². The number of aryl methyl sites for hydroxylation is 1. The Morgan fingerprint density at radius 2 is 2.20 bits per heavy atom. The Hall–Kier alpha value is -2.21. The molecule has 1 atom stereocenters. The van der Waals surface area contributed by atoms with Crippen molar-refractivity contribution in [3.63, 3.8) is 0 Å². The average Bonchev–Trinajstić information content (AvgIpc) is 3.10. The van der Waals surface area contributed by atoms with Crippen LogP contribution in [0.15, 0.2) is 42.4 Å². The van der Waals surface area contributed by atoms with Crippen LogP contribution in [0.1, 0.15) is 23.4 Å². The van der Waals surface area contributed by atoms with Gasteiger partial charge in [0.1, 0.15) is 12.7 Å². The Bertz CT molecular complexity index is 672. The SMILES string of the molecule is Cc1ccsc1C(C)Nc1ccc(-n2cncn2)nc1. The van der Waals surface area contributed by atoms with Gasteiger partial charge >= 0.3 is 0 Å². The Labute approximate surface area is 121 Å². The minimum atomic E-state index is 0.272. The summed E-state index contributed by atoms with van der Waals surface area (Å²) in [6, 6.07) is 6.34. The van der Waals surface area contributed by atoms with E-state index in [1.165, 1.54) is 16.8 Å². The molecule has 6 heteroatoms. The summed E-state index contributed by atoms with van der Waals surface area (Å²) in [4.78, 5) is 9.64. The number of nitrogens with one attached hydrogen (secondary N) is 1. The summed E-state index contributed by atoms with van der Waals surface area (Å²) in [5.41, 5.74) is 2.32. The molecule has 0 saturated heterocycles. The van der Waals surface area contributed by atoms with Gasteiger partial charge in [0.05, 0.1) is 17.9 Å². The second-order valence-electron chi connectivity index (χ2n) is 4.58. The third kappa shape index (κ3) is 2.55. The summed E-state index contributed by atoms with van der Waals surface area (Å²) in [6.07, 6.45) is 4.94. The van der Waals surface area contributed by atoms with Gasteiger partial charge in [-0.15, -0.1) is 11.3 Å². The maximum Gasteiger partial charge on any atom is 0.155 e. The topological polar surface area (TPSA) is 55.6 Å². The van der Waals surface area contributed by atoms with Crippen LogP contribution < -0.4 is 5.32 Å². The number of hydrogen-bond donors (Lipinski definition) is 1. The van der Waals surface area contributed by atoms with Gasteiger partial charge in [-0.1, -0.05) is 0 Å². The maximum atomic E-state index is 4.38. The van der Waals surface area contributed by atoms with Gasteiger partial charge in [0.25, 0.3) is 0 Å². The molecule has 0 aliphatic heterocycles. The first-order valence-corrected chi connectivity index (χ1v) is 7.23. The molecule has 0 aliphatic rings. The van der Waals surface area contributed by atoms with Crippen LogP contribution in [0.25, 0.3) is 5.82 Å². The van der Waals surface area contributed by atoms with Gasteiger partial charge in [-0.2, -0.15) is 5.10 Å². The fourth-order valence-corrected chi connectivity index (χ4v) is 3.01. The van der Waals surface area contributed by atoms with E-state index in [9.17, 15) is 0 Å². The zero-order valence-corrected chi connectivity index (χ0v) is 12.1. The molecule has 0 radical (unpaired) electrons. The summed E-state index contributed by atoms with van der Waals surface area (Å²) in [5, 5.41) is 9.63. The Balaban J connectivity index is 1.74. The highest BCUT2D eigenvalue weighted by Gasteiger charge is 2.09. The molecular formula is C14H15N5S. The molecule has 1 unspecified atom stereocenters. The first-order chi connectivity index (χ1) is 9.74. The van der Waals surface area contributed by atoms with Crippen molar-refractivity contribution in [3.8, 4) is 5.82 Å². The second-order valence-corrected chi connectivity index (χ2v) is 5.53. The van der Waals surface area contributed by atoms with Gasteiger partial charge in [-0.05, 0) is 43.0 Å². The van der Waals surface area contributed by atoms with Crippen LogP contribution in [0, 0.1) is 6.92 Å². The number of aromatic nitrogens is 4. The first-order valence-electron chi connectivity index (χ1n) is 6.35. The maximum absolute atomic E-state index is 4.38. The average molecular weight is 285 g/mol. The minimum Gasteiger partial charge on any atom is -0.376 e. The highest BCUT2D eigenvalue weighted by molar-refractivity contribution is 7.10. The van der Waals surface area contributed by atoms with Crippen LogP contribution in [0.2, 0.25) is 0 Å². The third-order valence-electron chi connectivity index (χ3n) is 3.08. The third-order valence-corrected chi connectivity index (χ3v) is 4.28. The summed E-state index contributed by atoms with van der Waals surface area (Å²) >= 11 is 1.77. The lowest BCUT2D eigenvalue weighted by molar-refractivity contribution is 0.842. The van der Waals surface area contributed by atoms with E-state index < -0.39 is 0 Å². The highest BCUT2D eigenvalue weighted by Crippen LogP contribution is 2.26. The van der Waals surface area contributed by atoms with Crippen molar-refractivity contribution >= 4 is 17.0 Å². The zero-order valence-electron chi connectivity index (χ0n) is 11.3. The molecule has 0 amide bonds. The highest BCUT2D eigenvalue weighted by atomic mass is 32.1. The number of rotatable bonds is 4. The summed E-state index contributed by atoms with van der Waals surface area (Å²) in [6.45, 7) is 4.29. The van der Waals surface area contributed by atoms with E-state index in [0.29, 0.717) is 0 Å². The van der Waals surface area contributed by atoms with E-state index in [1.807, 2.05) is 18.3 Å². The van der Waals surface area contributed by atoms with E-state index in [4.69, 9.17) is 0 Å². The smallest absolute Gasteiger partial charge is 0.155 e. The Kier molecular flexibility index (Phi) is 3.47.